The van der Waals surface area contributed by atoms with E-state index in [1.54, 1.807) is 35.2 Å². The molecule has 1 amide bonds. The molecule has 9 heteroatoms. The Morgan fingerprint density at radius 2 is 1.93 bits per heavy atom. The molecule has 0 N–H and O–H groups in total. The summed E-state index contributed by atoms with van der Waals surface area (Å²) < 4.78 is 19.7. The number of rotatable bonds is 6. The predicted molar refractivity (Wildman–Crippen MR) is 122 cm³/mol. The fourth-order valence-electron chi connectivity index (χ4n) is 3.31. The smallest absolute Gasteiger partial charge is 0.260 e. The highest BCUT2D eigenvalue weighted by Gasteiger charge is 2.22. The third-order valence-corrected chi connectivity index (χ3v) is 6.16. The van der Waals surface area contributed by atoms with Crippen molar-refractivity contribution in [3.8, 4) is 0 Å². The number of hydrogen-bond acceptors (Lipinski definition) is 5. The maximum Gasteiger partial charge on any atom is 0.260 e. The molecule has 4 rings (SSSR count). The van der Waals surface area contributed by atoms with Crippen LogP contribution in [-0.2, 0) is 4.74 Å². The van der Waals surface area contributed by atoms with Crippen molar-refractivity contribution in [3.63, 3.8) is 0 Å². The van der Waals surface area contributed by atoms with Gasteiger partial charge in [0, 0.05) is 36.8 Å². The molecule has 0 aliphatic carbocycles. The Morgan fingerprint density at radius 1 is 1.20 bits per heavy atom. The van der Waals surface area contributed by atoms with E-state index >= 15 is 0 Å². The van der Waals surface area contributed by atoms with Crippen LogP contribution in [0.5, 0.6) is 0 Å². The first-order chi connectivity index (χ1) is 14.1. The Balaban J connectivity index is 0.00000256. The topological polar surface area (TPSA) is 45.7 Å². The van der Waals surface area contributed by atoms with Crippen molar-refractivity contribution in [2.24, 2.45) is 0 Å². The van der Waals surface area contributed by atoms with E-state index in [-0.39, 0.29) is 24.1 Å². The first kappa shape index (κ1) is 22.9. The summed E-state index contributed by atoms with van der Waals surface area (Å²) in [7, 11) is 0. The van der Waals surface area contributed by atoms with Gasteiger partial charge in [0.1, 0.15) is 5.82 Å². The zero-order valence-corrected chi connectivity index (χ0v) is 18.6. The maximum absolute atomic E-state index is 13.6. The lowest BCUT2D eigenvalue weighted by molar-refractivity contribution is 0.0376. The van der Waals surface area contributed by atoms with Crippen LogP contribution in [0.3, 0.4) is 0 Å². The number of halogens is 3. The maximum atomic E-state index is 13.6. The largest absolute Gasteiger partial charge is 0.379 e. The summed E-state index contributed by atoms with van der Waals surface area (Å²) in [5.74, 6) is -0.446. The lowest BCUT2D eigenvalue weighted by Gasteiger charge is -2.27. The third-order valence-electron chi connectivity index (χ3n) is 4.87. The standard InChI is InChI=1S/C21H21ClFN3O2S.ClH/c22-16-4-2-15(3-5-16)20(27)26(9-1-8-25-10-12-28-13-11-25)21-24-18-7-6-17(23)14-19(18)29-21;/h2-7,14H,1,8-13H2;1H. The number of anilines is 1. The first-order valence-corrected chi connectivity index (χ1v) is 10.7. The summed E-state index contributed by atoms with van der Waals surface area (Å²) in [5.41, 5.74) is 1.24. The fourth-order valence-corrected chi connectivity index (χ4v) is 4.45. The van der Waals surface area contributed by atoms with E-state index in [9.17, 15) is 9.18 Å². The van der Waals surface area contributed by atoms with Crippen LogP contribution in [0.1, 0.15) is 16.8 Å². The van der Waals surface area contributed by atoms with Crippen molar-refractivity contribution in [3.05, 3.63) is 58.9 Å². The van der Waals surface area contributed by atoms with Crippen LogP contribution in [0.15, 0.2) is 42.5 Å². The minimum atomic E-state index is -0.310. The highest BCUT2D eigenvalue weighted by atomic mass is 35.5. The summed E-state index contributed by atoms with van der Waals surface area (Å²) in [6, 6.07) is 11.3. The summed E-state index contributed by atoms with van der Waals surface area (Å²) in [6.07, 6.45) is 0.809. The molecule has 0 bridgehead atoms. The molecule has 1 aromatic heterocycles. The number of carbonyl (C=O) groups excluding carboxylic acids is 1. The highest BCUT2D eigenvalue weighted by Crippen LogP contribution is 2.30. The van der Waals surface area contributed by atoms with Crippen molar-refractivity contribution < 1.29 is 13.9 Å². The molecule has 1 aliphatic heterocycles. The van der Waals surface area contributed by atoms with Crippen LogP contribution in [0.25, 0.3) is 10.2 Å². The van der Waals surface area contributed by atoms with E-state index in [2.05, 4.69) is 9.88 Å². The predicted octanol–water partition coefficient (Wildman–Crippen LogP) is 4.88. The quantitative estimate of drug-likeness (QED) is 0.515. The number of morpholine rings is 1. The molecule has 5 nitrogen and oxygen atoms in total. The number of carbonyl (C=O) groups is 1. The van der Waals surface area contributed by atoms with E-state index in [0.29, 0.717) is 27.8 Å². The Morgan fingerprint density at radius 3 is 2.67 bits per heavy atom. The molecule has 3 aromatic rings. The molecule has 0 saturated carbocycles. The van der Waals surface area contributed by atoms with Gasteiger partial charge in [0.25, 0.3) is 5.91 Å². The van der Waals surface area contributed by atoms with Gasteiger partial charge in [-0.25, -0.2) is 9.37 Å². The lowest BCUT2D eigenvalue weighted by Crippen LogP contribution is -2.39. The van der Waals surface area contributed by atoms with Gasteiger partial charge < -0.3 is 4.74 Å². The zero-order chi connectivity index (χ0) is 20.2. The molecule has 30 heavy (non-hydrogen) atoms. The van der Waals surface area contributed by atoms with Crippen LogP contribution in [-0.4, -0.2) is 55.2 Å². The van der Waals surface area contributed by atoms with Gasteiger partial charge in [-0.2, -0.15) is 0 Å². The molecule has 0 unspecified atom stereocenters. The first-order valence-electron chi connectivity index (χ1n) is 9.54. The number of thiazole rings is 1. The van der Waals surface area contributed by atoms with Crippen molar-refractivity contribution in [1.82, 2.24) is 9.88 Å². The van der Waals surface area contributed by atoms with Crippen molar-refractivity contribution >= 4 is 56.6 Å². The van der Waals surface area contributed by atoms with E-state index in [4.69, 9.17) is 16.3 Å². The van der Waals surface area contributed by atoms with Crippen LogP contribution in [0, 0.1) is 5.82 Å². The molecule has 0 radical (unpaired) electrons. The van der Waals surface area contributed by atoms with Crippen LogP contribution in [0.4, 0.5) is 9.52 Å². The Bertz CT molecular complexity index is 994. The number of nitrogens with zero attached hydrogens (tertiary/aromatic N) is 3. The third kappa shape index (κ3) is 5.47. The Labute approximate surface area is 189 Å². The van der Waals surface area contributed by atoms with E-state index in [0.717, 1.165) is 44.0 Å². The van der Waals surface area contributed by atoms with E-state index < -0.39 is 0 Å². The SMILES string of the molecule is Cl.O=C(c1ccc(Cl)cc1)N(CCCN1CCOCC1)c1nc2ccc(F)cc2s1. The highest BCUT2D eigenvalue weighted by molar-refractivity contribution is 7.22. The minimum Gasteiger partial charge on any atom is -0.379 e. The number of hydrogen-bond donors (Lipinski definition) is 0. The second-order valence-corrected chi connectivity index (χ2v) is 8.33. The molecule has 0 atom stereocenters. The molecule has 0 spiro atoms. The van der Waals surface area contributed by atoms with Crippen LogP contribution in [0.2, 0.25) is 5.02 Å². The van der Waals surface area contributed by atoms with Gasteiger partial charge in [-0.3, -0.25) is 14.6 Å². The van der Waals surface area contributed by atoms with E-state index in [1.165, 1.54) is 23.5 Å². The second kappa shape index (κ2) is 10.5. The van der Waals surface area contributed by atoms with Gasteiger partial charge in [0.2, 0.25) is 0 Å². The summed E-state index contributed by atoms with van der Waals surface area (Å²) in [4.78, 5) is 21.8. The van der Waals surface area contributed by atoms with Crippen LogP contribution < -0.4 is 4.90 Å². The molecule has 2 aromatic carbocycles. The molecule has 160 valence electrons. The lowest BCUT2D eigenvalue weighted by atomic mass is 10.2. The normalized spacial score (nSPS) is 14.5. The molecule has 1 aliphatic rings. The fraction of sp³-hybridized carbons (Fsp3) is 0.333. The number of ether oxygens (including phenoxy) is 1. The average Bonchev–Trinajstić information content (AvgIpc) is 3.15. The summed E-state index contributed by atoms with van der Waals surface area (Å²) >= 11 is 7.29. The van der Waals surface area contributed by atoms with Gasteiger partial charge in [-0.05, 0) is 48.9 Å². The minimum absolute atomic E-state index is 0. The number of amides is 1. The summed E-state index contributed by atoms with van der Waals surface area (Å²) in [6.45, 7) is 4.72. The number of fused-ring (bicyclic) bond motifs is 1. The number of benzene rings is 2. The Kier molecular flexibility index (Phi) is 8.02. The molecule has 2 heterocycles. The van der Waals surface area contributed by atoms with Crippen molar-refractivity contribution in [2.75, 3.05) is 44.3 Å². The number of aromatic nitrogens is 1. The van der Waals surface area contributed by atoms with Crippen molar-refractivity contribution in [2.45, 2.75) is 6.42 Å². The second-order valence-electron chi connectivity index (χ2n) is 6.88. The zero-order valence-electron chi connectivity index (χ0n) is 16.2. The van der Waals surface area contributed by atoms with E-state index in [1.807, 2.05) is 0 Å². The van der Waals surface area contributed by atoms with Crippen molar-refractivity contribution in [1.29, 1.82) is 0 Å². The summed E-state index contributed by atoms with van der Waals surface area (Å²) in [5, 5.41) is 1.16. The van der Waals surface area contributed by atoms with Gasteiger partial charge in [0.05, 0.1) is 23.4 Å². The Hall–Kier alpha value is -1.77. The van der Waals surface area contributed by atoms with Crippen LogP contribution >= 0.6 is 35.3 Å². The molecular weight excluding hydrogens is 448 g/mol. The average molecular weight is 470 g/mol. The van der Waals surface area contributed by atoms with Gasteiger partial charge >= 0.3 is 0 Å². The van der Waals surface area contributed by atoms with Gasteiger partial charge in [0.15, 0.2) is 5.13 Å². The molecule has 1 fully saturated rings. The molecule has 1 saturated heterocycles. The van der Waals surface area contributed by atoms with Gasteiger partial charge in [-0.15, -0.1) is 12.4 Å². The van der Waals surface area contributed by atoms with Gasteiger partial charge in [-0.1, -0.05) is 22.9 Å². The monoisotopic (exact) mass is 469 g/mol. The molecular formula is C21H22Cl2FN3O2S.